The zero-order valence-corrected chi connectivity index (χ0v) is 12.8. The van der Waals surface area contributed by atoms with Crippen molar-refractivity contribution in [3.05, 3.63) is 12.0 Å². The third kappa shape index (κ3) is 3.45. The second-order valence-electron chi connectivity index (χ2n) is 6.70. The second-order valence-corrected chi connectivity index (χ2v) is 6.70. The lowest BCUT2D eigenvalue weighted by Crippen LogP contribution is -2.37. The van der Waals surface area contributed by atoms with Crippen LogP contribution in [0.5, 0.6) is 0 Å². The van der Waals surface area contributed by atoms with Crippen molar-refractivity contribution in [1.82, 2.24) is 5.48 Å². The van der Waals surface area contributed by atoms with E-state index in [2.05, 4.69) is 26.3 Å². The van der Waals surface area contributed by atoms with Crippen LogP contribution in [-0.4, -0.2) is 18.4 Å². The van der Waals surface area contributed by atoms with Gasteiger partial charge in [0, 0.05) is 6.08 Å². The molecule has 0 radical (unpaired) electrons. The van der Waals surface area contributed by atoms with E-state index in [9.17, 15) is 4.79 Å². The quantitative estimate of drug-likeness (QED) is 0.786. The summed E-state index contributed by atoms with van der Waals surface area (Å²) in [7, 11) is 0. The number of rotatable bonds is 2. The zero-order valence-electron chi connectivity index (χ0n) is 12.8. The van der Waals surface area contributed by atoms with Crippen molar-refractivity contribution >= 4 is 6.16 Å². The number of hydrogen-bond acceptors (Lipinski definition) is 5. The molecule has 0 atom stereocenters. The average molecular weight is 283 g/mol. The van der Waals surface area contributed by atoms with Crippen molar-refractivity contribution in [2.45, 2.75) is 59.0 Å². The second kappa shape index (κ2) is 5.64. The number of hydroxylamine groups is 1. The topological polar surface area (TPSA) is 56.8 Å². The smallest absolute Gasteiger partial charge is 0.434 e. The highest BCUT2D eigenvalue weighted by Gasteiger charge is 2.42. The summed E-state index contributed by atoms with van der Waals surface area (Å²) in [6, 6.07) is 0. The first kappa shape index (κ1) is 15.2. The fraction of sp³-hybridized carbons (Fsp3) is 0.800. The lowest BCUT2D eigenvalue weighted by Gasteiger charge is -2.40. The van der Waals surface area contributed by atoms with Gasteiger partial charge >= 0.3 is 6.16 Å². The Morgan fingerprint density at radius 1 is 1.45 bits per heavy atom. The predicted molar refractivity (Wildman–Crippen MR) is 74.6 cm³/mol. The van der Waals surface area contributed by atoms with Crippen molar-refractivity contribution in [2.24, 2.45) is 11.3 Å². The van der Waals surface area contributed by atoms with Crippen LogP contribution >= 0.6 is 0 Å². The van der Waals surface area contributed by atoms with Gasteiger partial charge in [0.15, 0.2) is 0 Å². The Balaban J connectivity index is 1.92. The van der Waals surface area contributed by atoms with E-state index in [1.54, 1.807) is 6.92 Å². The highest BCUT2D eigenvalue weighted by Crippen LogP contribution is 2.44. The highest BCUT2D eigenvalue weighted by atomic mass is 16.8. The molecule has 0 aromatic rings. The van der Waals surface area contributed by atoms with E-state index in [1.165, 1.54) is 0 Å². The molecular formula is C15H25NO4. The molecule has 1 aliphatic heterocycles. The minimum atomic E-state index is -0.699. The van der Waals surface area contributed by atoms with E-state index in [0.717, 1.165) is 25.7 Å². The maximum absolute atomic E-state index is 11.3. The summed E-state index contributed by atoms with van der Waals surface area (Å²) < 4.78 is 9.78. The molecule has 1 heterocycles. The Morgan fingerprint density at radius 2 is 2.10 bits per heavy atom. The van der Waals surface area contributed by atoms with Gasteiger partial charge in [0.2, 0.25) is 5.88 Å². The van der Waals surface area contributed by atoms with Crippen molar-refractivity contribution in [3.8, 4) is 0 Å². The monoisotopic (exact) mass is 283 g/mol. The van der Waals surface area contributed by atoms with E-state index in [4.69, 9.17) is 14.3 Å². The van der Waals surface area contributed by atoms with Crippen LogP contribution in [0.4, 0.5) is 4.79 Å². The van der Waals surface area contributed by atoms with E-state index in [-0.39, 0.29) is 5.60 Å². The molecule has 0 unspecified atom stereocenters. The normalized spacial score (nSPS) is 29.8. The van der Waals surface area contributed by atoms with Gasteiger partial charge in [-0.3, -0.25) is 4.84 Å². The molecule has 0 saturated heterocycles. The summed E-state index contributed by atoms with van der Waals surface area (Å²) in [6.07, 6.45) is 5.30. The minimum Gasteiger partial charge on any atom is -0.434 e. The zero-order chi connectivity index (χ0) is 14.8. The van der Waals surface area contributed by atoms with Gasteiger partial charge in [-0.05, 0) is 43.9 Å². The molecule has 5 nitrogen and oxygen atoms in total. The molecule has 0 amide bonds. The fourth-order valence-electron chi connectivity index (χ4n) is 2.96. The van der Waals surface area contributed by atoms with E-state index in [1.807, 2.05) is 6.08 Å². The molecule has 1 fully saturated rings. The third-order valence-electron chi connectivity index (χ3n) is 4.26. The Kier molecular flexibility index (Phi) is 4.28. The molecule has 2 rings (SSSR count). The van der Waals surface area contributed by atoms with Gasteiger partial charge in [0.05, 0.1) is 6.61 Å². The first-order valence-electron chi connectivity index (χ1n) is 7.36. The summed E-state index contributed by atoms with van der Waals surface area (Å²) >= 11 is 0. The van der Waals surface area contributed by atoms with Crippen LogP contribution in [0.1, 0.15) is 53.4 Å². The van der Waals surface area contributed by atoms with Crippen molar-refractivity contribution in [2.75, 3.05) is 6.61 Å². The lowest BCUT2D eigenvalue weighted by molar-refractivity contribution is -0.0840. The molecule has 1 aliphatic carbocycles. The van der Waals surface area contributed by atoms with Crippen LogP contribution in [0.15, 0.2) is 12.0 Å². The molecule has 1 N–H and O–H groups in total. The molecule has 0 bridgehead atoms. The van der Waals surface area contributed by atoms with Crippen molar-refractivity contribution in [1.29, 1.82) is 0 Å². The third-order valence-corrected chi connectivity index (χ3v) is 4.26. The predicted octanol–water partition coefficient (Wildman–Crippen LogP) is 3.51. The number of carbonyl (C=O) groups is 1. The van der Waals surface area contributed by atoms with Gasteiger partial charge in [0.1, 0.15) is 5.60 Å². The summed E-state index contributed by atoms with van der Waals surface area (Å²) in [6.45, 7) is 8.90. The first-order chi connectivity index (χ1) is 9.35. The molecule has 1 spiro atoms. The number of ether oxygens (including phenoxy) is 2. The van der Waals surface area contributed by atoms with Crippen LogP contribution in [0.3, 0.4) is 0 Å². The molecule has 1 saturated carbocycles. The van der Waals surface area contributed by atoms with Gasteiger partial charge in [-0.25, -0.2) is 10.3 Å². The molecule has 0 aromatic carbocycles. The van der Waals surface area contributed by atoms with E-state index >= 15 is 0 Å². The molecule has 114 valence electrons. The van der Waals surface area contributed by atoms with E-state index < -0.39 is 6.16 Å². The molecule has 20 heavy (non-hydrogen) atoms. The minimum absolute atomic E-state index is 0.297. The van der Waals surface area contributed by atoms with Crippen LogP contribution in [0.2, 0.25) is 0 Å². The summed E-state index contributed by atoms with van der Waals surface area (Å²) in [5.41, 5.74) is 2.70. The number of nitrogens with one attached hydrogen (secondary N) is 1. The van der Waals surface area contributed by atoms with Crippen LogP contribution in [0, 0.1) is 11.3 Å². The van der Waals surface area contributed by atoms with Gasteiger partial charge < -0.3 is 9.47 Å². The average Bonchev–Trinajstić information content (AvgIpc) is 2.72. The fourth-order valence-corrected chi connectivity index (χ4v) is 2.96. The molecular weight excluding hydrogens is 258 g/mol. The van der Waals surface area contributed by atoms with Gasteiger partial charge in [0.25, 0.3) is 0 Å². The molecule has 0 aromatic heterocycles. The maximum atomic E-state index is 11.3. The largest absolute Gasteiger partial charge is 0.515 e. The first-order valence-corrected chi connectivity index (χ1v) is 7.36. The standard InChI is InChI=1S/C15H25NO4/c1-5-18-13(17)19-12-10-15(20-16-12)8-6-11(7-9-15)14(2,3)4/h10-11,16H,5-9H2,1-4H3. The van der Waals surface area contributed by atoms with Gasteiger partial charge in [-0.15, -0.1) is 0 Å². The Bertz CT molecular complexity index is 389. The SMILES string of the molecule is CCOC(=O)OC1=CC2(CCC(C(C)(C)C)CC2)ON1. The lowest BCUT2D eigenvalue weighted by atomic mass is 9.68. The summed E-state index contributed by atoms with van der Waals surface area (Å²) in [5, 5.41) is 0. The van der Waals surface area contributed by atoms with E-state index in [0.29, 0.717) is 23.8 Å². The highest BCUT2D eigenvalue weighted by molar-refractivity contribution is 5.61. The number of carbonyl (C=O) groups excluding carboxylic acids is 1. The Labute approximate surface area is 120 Å². The Morgan fingerprint density at radius 3 is 2.65 bits per heavy atom. The number of hydrogen-bond donors (Lipinski definition) is 1. The van der Waals surface area contributed by atoms with Crippen molar-refractivity contribution < 1.29 is 19.1 Å². The Hall–Kier alpha value is -1.23. The van der Waals surface area contributed by atoms with Gasteiger partial charge in [-0.1, -0.05) is 20.8 Å². The summed E-state index contributed by atoms with van der Waals surface area (Å²) in [4.78, 5) is 16.9. The van der Waals surface area contributed by atoms with Crippen LogP contribution in [-0.2, 0) is 14.3 Å². The van der Waals surface area contributed by atoms with Crippen LogP contribution < -0.4 is 5.48 Å². The van der Waals surface area contributed by atoms with Crippen LogP contribution in [0.25, 0.3) is 0 Å². The van der Waals surface area contributed by atoms with Crippen molar-refractivity contribution in [3.63, 3.8) is 0 Å². The maximum Gasteiger partial charge on any atom is 0.515 e. The molecule has 5 heteroatoms. The summed E-state index contributed by atoms with van der Waals surface area (Å²) in [5.74, 6) is 1.05. The van der Waals surface area contributed by atoms with Gasteiger partial charge in [-0.2, -0.15) is 0 Å². The molecule has 2 aliphatic rings.